The van der Waals surface area contributed by atoms with E-state index in [4.69, 9.17) is 11.6 Å². The minimum absolute atomic E-state index is 0.269. The molecule has 112 valence electrons. The number of hydrogen-bond donors (Lipinski definition) is 1. The highest BCUT2D eigenvalue weighted by Crippen LogP contribution is 2.21. The van der Waals surface area contributed by atoms with E-state index in [1.165, 1.54) is 0 Å². The largest absolute Gasteiger partial charge is 0.481 e. The lowest BCUT2D eigenvalue weighted by Gasteiger charge is -2.12. The highest BCUT2D eigenvalue weighted by molar-refractivity contribution is 6.31. The Morgan fingerprint density at radius 1 is 1.29 bits per heavy atom. The molecule has 0 saturated carbocycles. The first-order valence-corrected chi connectivity index (χ1v) is 7.35. The van der Waals surface area contributed by atoms with Crippen LogP contribution in [0.4, 0.5) is 0 Å². The third-order valence-corrected chi connectivity index (χ3v) is 3.79. The van der Waals surface area contributed by atoms with Gasteiger partial charge in [0.15, 0.2) is 0 Å². The number of carboxylic acids is 1. The first-order chi connectivity index (χ1) is 9.97. The highest BCUT2D eigenvalue weighted by atomic mass is 35.5. The van der Waals surface area contributed by atoms with Gasteiger partial charge in [0.05, 0.1) is 11.6 Å². The first kappa shape index (κ1) is 15.6. The van der Waals surface area contributed by atoms with E-state index in [2.05, 4.69) is 5.10 Å². The molecule has 4 nitrogen and oxygen atoms in total. The van der Waals surface area contributed by atoms with Crippen molar-refractivity contribution in [1.82, 2.24) is 9.78 Å². The number of benzene rings is 1. The van der Waals surface area contributed by atoms with Gasteiger partial charge in [-0.05, 0) is 38.0 Å². The van der Waals surface area contributed by atoms with Crippen molar-refractivity contribution >= 4 is 17.6 Å². The molecule has 1 aromatic heterocycles. The second kappa shape index (κ2) is 6.76. The fraction of sp³-hybridized carbons (Fsp3) is 0.375. The maximum Gasteiger partial charge on any atom is 0.307 e. The molecule has 1 N–H and O–H groups in total. The quantitative estimate of drug-likeness (QED) is 0.887. The van der Waals surface area contributed by atoms with E-state index in [1.807, 2.05) is 49.0 Å². The van der Waals surface area contributed by atoms with E-state index in [-0.39, 0.29) is 6.04 Å². The summed E-state index contributed by atoms with van der Waals surface area (Å²) in [4.78, 5) is 11.5. The molecule has 2 rings (SSSR count). The molecule has 1 atom stereocenters. The van der Waals surface area contributed by atoms with Crippen molar-refractivity contribution in [1.29, 1.82) is 0 Å². The number of rotatable bonds is 6. The van der Waals surface area contributed by atoms with Gasteiger partial charge >= 0.3 is 5.97 Å². The smallest absolute Gasteiger partial charge is 0.307 e. The van der Waals surface area contributed by atoms with Gasteiger partial charge < -0.3 is 5.11 Å². The standard InChI is InChI=1S/C16H19ClN2O2/c1-11(2)19-8-7-14(18-19)10-13(16(20)21)9-12-5-3-4-6-15(12)17/h3-8,11,13H,9-10H2,1-2H3,(H,20,21). The molecule has 0 aliphatic carbocycles. The summed E-state index contributed by atoms with van der Waals surface area (Å²) in [5, 5.41) is 14.4. The van der Waals surface area contributed by atoms with Crippen molar-refractivity contribution in [2.45, 2.75) is 32.7 Å². The molecule has 0 saturated heterocycles. The van der Waals surface area contributed by atoms with Crippen molar-refractivity contribution in [3.8, 4) is 0 Å². The molecule has 21 heavy (non-hydrogen) atoms. The number of carboxylic acid groups (broad SMARTS) is 1. The van der Waals surface area contributed by atoms with Crippen LogP contribution in [0.2, 0.25) is 5.02 Å². The van der Waals surface area contributed by atoms with Gasteiger partial charge in [0.25, 0.3) is 0 Å². The monoisotopic (exact) mass is 306 g/mol. The minimum Gasteiger partial charge on any atom is -0.481 e. The summed E-state index contributed by atoms with van der Waals surface area (Å²) < 4.78 is 1.84. The third kappa shape index (κ3) is 4.08. The molecule has 1 unspecified atom stereocenters. The molecule has 0 aliphatic heterocycles. The number of aliphatic carboxylic acids is 1. The minimum atomic E-state index is -0.825. The zero-order chi connectivity index (χ0) is 15.4. The summed E-state index contributed by atoms with van der Waals surface area (Å²) in [7, 11) is 0. The molecule has 0 spiro atoms. The number of hydrogen-bond acceptors (Lipinski definition) is 2. The van der Waals surface area contributed by atoms with Crippen LogP contribution < -0.4 is 0 Å². The van der Waals surface area contributed by atoms with Gasteiger partial charge in [-0.25, -0.2) is 0 Å². The molecular formula is C16H19ClN2O2. The lowest BCUT2D eigenvalue weighted by molar-refractivity contribution is -0.141. The molecule has 2 aromatic rings. The Morgan fingerprint density at radius 3 is 2.57 bits per heavy atom. The summed E-state index contributed by atoms with van der Waals surface area (Å²) in [6.45, 7) is 4.07. The topological polar surface area (TPSA) is 55.1 Å². The molecule has 0 amide bonds. The second-order valence-electron chi connectivity index (χ2n) is 5.42. The van der Waals surface area contributed by atoms with Crippen LogP contribution in [0.25, 0.3) is 0 Å². The van der Waals surface area contributed by atoms with Gasteiger partial charge in [-0.1, -0.05) is 29.8 Å². The van der Waals surface area contributed by atoms with Crippen LogP contribution in [0.5, 0.6) is 0 Å². The summed E-state index contributed by atoms with van der Waals surface area (Å²) in [5.74, 6) is -1.35. The molecule has 0 bridgehead atoms. The number of nitrogens with zero attached hydrogens (tertiary/aromatic N) is 2. The summed E-state index contributed by atoms with van der Waals surface area (Å²) in [6, 6.07) is 9.50. The Kier molecular flexibility index (Phi) is 5.02. The summed E-state index contributed by atoms with van der Waals surface area (Å²) in [5.41, 5.74) is 1.65. The maximum absolute atomic E-state index is 11.5. The first-order valence-electron chi connectivity index (χ1n) is 6.97. The Bertz CT molecular complexity index is 622. The fourth-order valence-electron chi connectivity index (χ4n) is 2.20. The van der Waals surface area contributed by atoms with Crippen LogP contribution in [-0.2, 0) is 17.6 Å². The zero-order valence-electron chi connectivity index (χ0n) is 12.2. The number of aromatic nitrogens is 2. The molecule has 1 aromatic carbocycles. The van der Waals surface area contributed by atoms with E-state index < -0.39 is 11.9 Å². The van der Waals surface area contributed by atoms with E-state index in [1.54, 1.807) is 6.07 Å². The lowest BCUT2D eigenvalue weighted by Crippen LogP contribution is -2.20. The van der Waals surface area contributed by atoms with Gasteiger partial charge in [0, 0.05) is 23.7 Å². The normalized spacial score (nSPS) is 12.6. The van der Waals surface area contributed by atoms with Crippen molar-refractivity contribution in [3.05, 3.63) is 52.8 Å². The van der Waals surface area contributed by atoms with Gasteiger partial charge in [0.1, 0.15) is 0 Å². The molecule has 0 radical (unpaired) electrons. The predicted molar refractivity (Wildman–Crippen MR) is 82.6 cm³/mol. The van der Waals surface area contributed by atoms with Crippen LogP contribution in [0.15, 0.2) is 36.5 Å². The van der Waals surface area contributed by atoms with E-state index in [0.29, 0.717) is 17.9 Å². The lowest BCUT2D eigenvalue weighted by atomic mass is 9.95. The summed E-state index contributed by atoms with van der Waals surface area (Å²) >= 11 is 6.11. The van der Waals surface area contributed by atoms with E-state index in [9.17, 15) is 9.90 Å². The maximum atomic E-state index is 11.5. The SMILES string of the molecule is CC(C)n1ccc(CC(Cc2ccccc2Cl)C(=O)O)n1. The van der Waals surface area contributed by atoms with Crippen LogP contribution in [0.1, 0.15) is 31.1 Å². The van der Waals surface area contributed by atoms with E-state index in [0.717, 1.165) is 11.3 Å². The van der Waals surface area contributed by atoms with Gasteiger partial charge in [0.2, 0.25) is 0 Å². The van der Waals surface area contributed by atoms with Crippen molar-refractivity contribution in [3.63, 3.8) is 0 Å². The molecular weight excluding hydrogens is 288 g/mol. The predicted octanol–water partition coefficient (Wildman–Crippen LogP) is 3.60. The molecule has 0 aliphatic rings. The Balaban J connectivity index is 2.12. The van der Waals surface area contributed by atoms with Crippen molar-refractivity contribution in [2.75, 3.05) is 0 Å². The highest BCUT2D eigenvalue weighted by Gasteiger charge is 2.21. The van der Waals surface area contributed by atoms with Crippen LogP contribution in [0, 0.1) is 5.92 Å². The molecule has 5 heteroatoms. The summed E-state index contributed by atoms with van der Waals surface area (Å²) in [6.07, 6.45) is 2.69. The Hall–Kier alpha value is -1.81. The van der Waals surface area contributed by atoms with Crippen molar-refractivity contribution < 1.29 is 9.90 Å². The van der Waals surface area contributed by atoms with Crippen LogP contribution >= 0.6 is 11.6 Å². The number of carbonyl (C=O) groups is 1. The third-order valence-electron chi connectivity index (χ3n) is 3.42. The van der Waals surface area contributed by atoms with Crippen LogP contribution in [-0.4, -0.2) is 20.9 Å². The van der Waals surface area contributed by atoms with Crippen LogP contribution in [0.3, 0.4) is 0 Å². The second-order valence-corrected chi connectivity index (χ2v) is 5.82. The average Bonchev–Trinajstić information content (AvgIpc) is 2.89. The number of halogens is 1. The zero-order valence-corrected chi connectivity index (χ0v) is 12.9. The van der Waals surface area contributed by atoms with E-state index >= 15 is 0 Å². The Morgan fingerprint density at radius 2 is 2.00 bits per heavy atom. The average molecular weight is 307 g/mol. The fourth-order valence-corrected chi connectivity index (χ4v) is 2.42. The van der Waals surface area contributed by atoms with Crippen molar-refractivity contribution in [2.24, 2.45) is 5.92 Å². The van der Waals surface area contributed by atoms with Gasteiger partial charge in [-0.15, -0.1) is 0 Å². The van der Waals surface area contributed by atoms with Gasteiger partial charge in [-0.2, -0.15) is 5.10 Å². The molecule has 1 heterocycles. The molecule has 0 fully saturated rings. The van der Waals surface area contributed by atoms with Gasteiger partial charge in [-0.3, -0.25) is 9.48 Å². The Labute approximate surface area is 129 Å².